The van der Waals surface area contributed by atoms with Crippen LogP contribution in [0.25, 0.3) is 6.08 Å². The maximum atomic E-state index is 12.9. The van der Waals surface area contributed by atoms with Gasteiger partial charge < -0.3 is 24.3 Å². The first-order chi connectivity index (χ1) is 18.5. The third-order valence-corrected chi connectivity index (χ3v) is 6.63. The van der Waals surface area contributed by atoms with E-state index in [4.69, 9.17) is 18.9 Å². The standard InChI is InChI=1S/C28H24N2O7S/c1-34-23-13-19(7-9-21(23)37-17-18-5-3-2-4-6-18)14-25-27(32)30(28(33)38-25)16-26(31)29-20-8-10-22-24(15-20)36-12-11-35-22/h2-10,13-15H,11-12,16-17H2,1H3,(H,29,31)/b25-14+. The van der Waals surface area contributed by atoms with E-state index >= 15 is 0 Å². The molecule has 10 heteroatoms. The summed E-state index contributed by atoms with van der Waals surface area (Å²) in [5, 5.41) is 2.17. The van der Waals surface area contributed by atoms with Gasteiger partial charge in [0.15, 0.2) is 23.0 Å². The SMILES string of the molecule is COc1cc(/C=C2/SC(=O)N(CC(=O)Nc3ccc4c(c3)OCCO4)C2=O)ccc1OCc1ccccc1. The van der Waals surface area contributed by atoms with Crippen LogP contribution in [0, 0.1) is 0 Å². The van der Waals surface area contributed by atoms with Gasteiger partial charge in [-0.15, -0.1) is 0 Å². The van der Waals surface area contributed by atoms with Gasteiger partial charge >= 0.3 is 0 Å². The quantitative estimate of drug-likeness (QED) is 0.416. The molecule has 3 aromatic rings. The molecule has 0 unspecified atom stereocenters. The highest BCUT2D eigenvalue weighted by atomic mass is 32.2. The summed E-state index contributed by atoms with van der Waals surface area (Å²) in [6, 6.07) is 20.0. The van der Waals surface area contributed by atoms with Gasteiger partial charge in [0.25, 0.3) is 11.1 Å². The van der Waals surface area contributed by atoms with Crippen molar-refractivity contribution in [3.8, 4) is 23.0 Å². The Morgan fingerprint density at radius 1 is 1.00 bits per heavy atom. The maximum absolute atomic E-state index is 12.9. The van der Waals surface area contributed by atoms with Crippen molar-refractivity contribution in [1.82, 2.24) is 4.90 Å². The molecule has 2 aliphatic rings. The summed E-state index contributed by atoms with van der Waals surface area (Å²) in [4.78, 5) is 39.2. The summed E-state index contributed by atoms with van der Waals surface area (Å²) in [7, 11) is 1.53. The third kappa shape index (κ3) is 5.76. The Kier molecular flexibility index (Phi) is 7.50. The summed E-state index contributed by atoms with van der Waals surface area (Å²) < 4.78 is 22.3. The van der Waals surface area contributed by atoms with Gasteiger partial charge in [-0.2, -0.15) is 0 Å². The minimum atomic E-state index is -0.541. The molecule has 1 saturated heterocycles. The number of methoxy groups -OCH3 is 1. The molecule has 2 aliphatic heterocycles. The Bertz CT molecular complexity index is 1410. The maximum Gasteiger partial charge on any atom is 0.294 e. The molecule has 0 aromatic heterocycles. The summed E-state index contributed by atoms with van der Waals surface area (Å²) in [6.07, 6.45) is 1.59. The predicted molar refractivity (Wildman–Crippen MR) is 143 cm³/mol. The smallest absolute Gasteiger partial charge is 0.294 e. The monoisotopic (exact) mass is 532 g/mol. The number of benzene rings is 3. The van der Waals surface area contributed by atoms with Crippen molar-refractivity contribution in [2.24, 2.45) is 0 Å². The number of nitrogens with one attached hydrogen (secondary N) is 1. The van der Waals surface area contributed by atoms with E-state index in [0.717, 1.165) is 22.2 Å². The third-order valence-electron chi connectivity index (χ3n) is 5.72. The Labute approximate surface area is 223 Å². The molecule has 0 aliphatic carbocycles. The first-order valence-corrected chi connectivity index (χ1v) is 12.6. The van der Waals surface area contributed by atoms with Gasteiger partial charge in [-0.05, 0) is 53.2 Å². The van der Waals surface area contributed by atoms with Crippen molar-refractivity contribution >= 4 is 40.6 Å². The van der Waals surface area contributed by atoms with Crippen molar-refractivity contribution in [1.29, 1.82) is 0 Å². The molecule has 38 heavy (non-hydrogen) atoms. The zero-order valence-electron chi connectivity index (χ0n) is 20.5. The van der Waals surface area contributed by atoms with Crippen molar-refractivity contribution in [3.05, 3.63) is 82.8 Å². The fourth-order valence-electron chi connectivity index (χ4n) is 3.88. The molecule has 1 N–H and O–H groups in total. The lowest BCUT2D eigenvalue weighted by atomic mass is 10.1. The lowest BCUT2D eigenvalue weighted by Gasteiger charge is -2.19. The van der Waals surface area contributed by atoms with E-state index < -0.39 is 23.6 Å². The molecule has 0 spiro atoms. The zero-order chi connectivity index (χ0) is 26.5. The van der Waals surface area contributed by atoms with Gasteiger partial charge in [0.1, 0.15) is 26.4 Å². The molecule has 3 amide bonds. The van der Waals surface area contributed by atoms with Crippen molar-refractivity contribution < 1.29 is 33.3 Å². The minimum absolute atomic E-state index is 0.210. The summed E-state index contributed by atoms with van der Waals surface area (Å²) in [6.45, 7) is 0.850. The predicted octanol–water partition coefficient (Wildman–Crippen LogP) is 4.72. The minimum Gasteiger partial charge on any atom is -0.493 e. The van der Waals surface area contributed by atoms with Crippen molar-refractivity contribution in [3.63, 3.8) is 0 Å². The number of carbonyl (C=O) groups is 3. The number of fused-ring (bicyclic) bond motifs is 1. The molecule has 9 nitrogen and oxygen atoms in total. The van der Waals surface area contributed by atoms with Gasteiger partial charge in [-0.3, -0.25) is 19.3 Å². The van der Waals surface area contributed by atoms with Crippen LogP contribution in [0.2, 0.25) is 0 Å². The first-order valence-electron chi connectivity index (χ1n) is 11.8. The van der Waals surface area contributed by atoms with Crippen LogP contribution in [0.1, 0.15) is 11.1 Å². The van der Waals surface area contributed by atoms with Crippen LogP contribution in [-0.4, -0.2) is 48.8 Å². The Balaban J connectivity index is 1.23. The van der Waals surface area contributed by atoms with E-state index in [1.54, 1.807) is 42.5 Å². The molecule has 0 atom stereocenters. The number of rotatable bonds is 8. The number of nitrogens with zero attached hydrogens (tertiary/aromatic N) is 1. The molecule has 0 bridgehead atoms. The average Bonchev–Trinajstić information content (AvgIpc) is 3.19. The number of carbonyl (C=O) groups excluding carboxylic acids is 3. The second kappa shape index (κ2) is 11.3. The van der Waals surface area contributed by atoms with Crippen LogP contribution in [0.5, 0.6) is 23.0 Å². The second-order valence-corrected chi connectivity index (χ2v) is 9.35. The van der Waals surface area contributed by atoms with Crippen LogP contribution < -0.4 is 24.3 Å². The van der Waals surface area contributed by atoms with Crippen LogP contribution in [0.3, 0.4) is 0 Å². The molecule has 1 fully saturated rings. The lowest BCUT2D eigenvalue weighted by Crippen LogP contribution is -2.36. The highest BCUT2D eigenvalue weighted by Gasteiger charge is 2.36. The molecular weight excluding hydrogens is 508 g/mol. The molecular formula is C28H24N2O7S. The first kappa shape index (κ1) is 25.2. The van der Waals surface area contributed by atoms with E-state index in [-0.39, 0.29) is 4.91 Å². The number of hydrogen-bond acceptors (Lipinski definition) is 8. The number of anilines is 1. The van der Waals surface area contributed by atoms with Gasteiger partial charge in [-0.1, -0.05) is 36.4 Å². The number of hydrogen-bond donors (Lipinski definition) is 1. The van der Waals surface area contributed by atoms with Crippen LogP contribution >= 0.6 is 11.8 Å². The largest absolute Gasteiger partial charge is 0.493 e. The number of imide groups is 1. The summed E-state index contributed by atoms with van der Waals surface area (Å²) >= 11 is 0.779. The number of amides is 3. The lowest BCUT2D eigenvalue weighted by molar-refractivity contribution is -0.127. The fraction of sp³-hybridized carbons (Fsp3) is 0.179. The van der Waals surface area contributed by atoms with Gasteiger partial charge in [0.2, 0.25) is 5.91 Å². The van der Waals surface area contributed by atoms with Crippen LogP contribution in [-0.2, 0) is 16.2 Å². The molecule has 194 valence electrons. The van der Waals surface area contributed by atoms with E-state index in [2.05, 4.69) is 5.32 Å². The molecule has 0 radical (unpaired) electrons. The molecule has 5 rings (SSSR count). The van der Waals surface area contributed by atoms with Crippen LogP contribution in [0.15, 0.2) is 71.6 Å². The number of thioether (sulfide) groups is 1. The summed E-state index contributed by atoms with van der Waals surface area (Å²) in [5.74, 6) is 1.12. The molecule has 2 heterocycles. The van der Waals surface area contributed by atoms with E-state index in [1.165, 1.54) is 7.11 Å². The van der Waals surface area contributed by atoms with Gasteiger partial charge in [0.05, 0.1) is 12.0 Å². The van der Waals surface area contributed by atoms with Crippen molar-refractivity contribution in [2.75, 3.05) is 32.2 Å². The van der Waals surface area contributed by atoms with E-state index in [1.807, 2.05) is 30.3 Å². The second-order valence-electron chi connectivity index (χ2n) is 8.36. The normalized spacial score (nSPS) is 15.5. The van der Waals surface area contributed by atoms with Crippen molar-refractivity contribution in [2.45, 2.75) is 6.61 Å². The Morgan fingerprint density at radius 3 is 2.58 bits per heavy atom. The fourth-order valence-corrected chi connectivity index (χ4v) is 4.72. The topological polar surface area (TPSA) is 103 Å². The highest BCUT2D eigenvalue weighted by molar-refractivity contribution is 8.18. The number of ether oxygens (including phenoxy) is 4. The average molecular weight is 533 g/mol. The van der Waals surface area contributed by atoms with Crippen LogP contribution in [0.4, 0.5) is 10.5 Å². The van der Waals surface area contributed by atoms with Gasteiger partial charge in [0, 0.05) is 11.8 Å². The molecule has 0 saturated carbocycles. The Morgan fingerprint density at radius 2 is 1.79 bits per heavy atom. The molecule has 3 aromatic carbocycles. The zero-order valence-corrected chi connectivity index (χ0v) is 21.3. The Hall–Kier alpha value is -4.44. The van der Waals surface area contributed by atoms with E-state index in [9.17, 15) is 14.4 Å². The highest BCUT2D eigenvalue weighted by Crippen LogP contribution is 2.35. The van der Waals surface area contributed by atoms with E-state index in [0.29, 0.717) is 54.1 Å². The van der Waals surface area contributed by atoms with Gasteiger partial charge in [-0.25, -0.2) is 0 Å². The summed E-state index contributed by atoms with van der Waals surface area (Å²) in [5.41, 5.74) is 2.15.